The molecule has 0 saturated heterocycles. The van der Waals surface area contributed by atoms with Crippen LogP contribution in [0.5, 0.6) is 0 Å². The van der Waals surface area contributed by atoms with E-state index in [0.29, 0.717) is 10.6 Å². The molecule has 0 aliphatic heterocycles. The van der Waals surface area contributed by atoms with Crippen molar-refractivity contribution in [2.45, 2.75) is 26.2 Å². The summed E-state index contributed by atoms with van der Waals surface area (Å²) in [5, 5.41) is 2.78. The minimum atomic E-state index is -0.680. The second-order valence-electron chi connectivity index (χ2n) is 5.12. The van der Waals surface area contributed by atoms with Crippen molar-refractivity contribution in [1.82, 2.24) is 0 Å². The van der Waals surface area contributed by atoms with E-state index in [1.54, 1.807) is 6.07 Å². The van der Waals surface area contributed by atoms with Crippen LogP contribution in [0, 0.1) is 0 Å². The first kappa shape index (κ1) is 17.3. The van der Waals surface area contributed by atoms with Crippen molar-refractivity contribution in [3.63, 3.8) is 0 Å². The van der Waals surface area contributed by atoms with E-state index in [2.05, 4.69) is 35.1 Å². The Kier molecular flexibility index (Phi) is 5.98. The number of furan rings is 1. The monoisotopic (exact) mass is 379 g/mol. The van der Waals surface area contributed by atoms with Gasteiger partial charge in [-0.2, -0.15) is 0 Å². The largest absolute Gasteiger partial charge is 0.450 e. The van der Waals surface area contributed by atoms with Crippen molar-refractivity contribution in [3.8, 4) is 0 Å². The standard InChI is InChI=1S/C17H18BrNO4/c1-3-11(2)12-6-4-5-7-13(12)19-16(20)10-22-17(21)14-8-9-15(18)23-14/h4-9,11H,3,10H2,1-2H3,(H,19,20)/t11-/m1/s1. The highest BCUT2D eigenvalue weighted by molar-refractivity contribution is 9.10. The molecule has 1 amide bonds. The third-order valence-corrected chi connectivity index (χ3v) is 3.91. The van der Waals surface area contributed by atoms with Gasteiger partial charge in [0.2, 0.25) is 5.76 Å². The van der Waals surface area contributed by atoms with Gasteiger partial charge in [-0.25, -0.2) is 4.79 Å². The molecule has 0 saturated carbocycles. The summed E-state index contributed by atoms with van der Waals surface area (Å²) in [7, 11) is 0. The molecule has 0 radical (unpaired) electrons. The van der Waals surface area contributed by atoms with Gasteiger partial charge in [0.1, 0.15) is 0 Å². The minimum absolute atomic E-state index is 0.0460. The highest BCUT2D eigenvalue weighted by atomic mass is 79.9. The van der Waals surface area contributed by atoms with Crippen LogP contribution in [-0.2, 0) is 9.53 Å². The summed E-state index contributed by atoms with van der Waals surface area (Å²) in [6, 6.07) is 10.7. The van der Waals surface area contributed by atoms with Crippen molar-refractivity contribution >= 4 is 33.5 Å². The van der Waals surface area contributed by atoms with Gasteiger partial charge < -0.3 is 14.5 Å². The van der Waals surface area contributed by atoms with Gasteiger partial charge in [0, 0.05) is 5.69 Å². The lowest BCUT2D eigenvalue weighted by Crippen LogP contribution is -2.21. The Hall–Kier alpha value is -2.08. The van der Waals surface area contributed by atoms with Crippen LogP contribution in [0.1, 0.15) is 42.3 Å². The fourth-order valence-electron chi connectivity index (χ4n) is 2.07. The summed E-state index contributed by atoms with van der Waals surface area (Å²) in [6.07, 6.45) is 0.968. The summed E-state index contributed by atoms with van der Waals surface area (Å²) in [5.41, 5.74) is 1.80. The van der Waals surface area contributed by atoms with E-state index in [1.165, 1.54) is 6.07 Å². The first-order valence-electron chi connectivity index (χ1n) is 7.32. The molecule has 0 bridgehead atoms. The fourth-order valence-corrected chi connectivity index (χ4v) is 2.38. The number of esters is 1. The number of anilines is 1. The number of benzene rings is 1. The zero-order valence-corrected chi connectivity index (χ0v) is 14.6. The number of hydrogen-bond acceptors (Lipinski definition) is 4. The Morgan fingerprint density at radius 3 is 2.65 bits per heavy atom. The van der Waals surface area contributed by atoms with Crippen molar-refractivity contribution in [2.75, 3.05) is 11.9 Å². The highest BCUT2D eigenvalue weighted by Crippen LogP contribution is 2.26. The maximum atomic E-state index is 12.0. The molecule has 2 aromatic rings. The maximum Gasteiger partial charge on any atom is 0.374 e. The maximum absolute atomic E-state index is 12.0. The lowest BCUT2D eigenvalue weighted by atomic mass is 9.97. The van der Waals surface area contributed by atoms with Crippen LogP contribution >= 0.6 is 15.9 Å². The molecule has 1 atom stereocenters. The van der Waals surface area contributed by atoms with Crippen LogP contribution in [0.15, 0.2) is 45.5 Å². The van der Waals surface area contributed by atoms with Crippen molar-refractivity contribution in [2.24, 2.45) is 0 Å². The average Bonchev–Trinajstić information content (AvgIpc) is 2.99. The summed E-state index contributed by atoms with van der Waals surface area (Å²) >= 11 is 3.10. The molecule has 6 heteroatoms. The summed E-state index contributed by atoms with van der Waals surface area (Å²) in [6.45, 7) is 3.82. The topological polar surface area (TPSA) is 68.5 Å². The van der Waals surface area contributed by atoms with Gasteiger partial charge in [0.25, 0.3) is 5.91 Å². The number of hydrogen-bond donors (Lipinski definition) is 1. The van der Waals surface area contributed by atoms with Crippen LogP contribution in [0.2, 0.25) is 0 Å². The molecule has 1 N–H and O–H groups in total. The van der Waals surface area contributed by atoms with Crippen LogP contribution in [-0.4, -0.2) is 18.5 Å². The first-order valence-corrected chi connectivity index (χ1v) is 8.11. The smallest absolute Gasteiger partial charge is 0.374 e. The molecular formula is C17H18BrNO4. The molecule has 5 nitrogen and oxygen atoms in total. The first-order chi connectivity index (χ1) is 11.0. The van der Waals surface area contributed by atoms with E-state index in [4.69, 9.17) is 9.15 Å². The Balaban J connectivity index is 1.94. The normalized spacial score (nSPS) is 11.8. The number of carbonyl (C=O) groups is 2. The lowest BCUT2D eigenvalue weighted by molar-refractivity contribution is -0.119. The number of carbonyl (C=O) groups excluding carboxylic acids is 2. The van der Waals surface area contributed by atoms with Gasteiger partial charge in [0.05, 0.1) is 0 Å². The van der Waals surface area contributed by atoms with E-state index in [1.807, 2.05) is 24.3 Å². The van der Waals surface area contributed by atoms with Gasteiger partial charge in [-0.05, 0) is 52.0 Å². The molecule has 0 spiro atoms. The summed E-state index contributed by atoms with van der Waals surface area (Å²) in [5.74, 6) is -0.694. The minimum Gasteiger partial charge on any atom is -0.450 e. The van der Waals surface area contributed by atoms with E-state index in [-0.39, 0.29) is 18.3 Å². The highest BCUT2D eigenvalue weighted by Gasteiger charge is 2.15. The van der Waals surface area contributed by atoms with E-state index >= 15 is 0 Å². The Morgan fingerprint density at radius 2 is 2.00 bits per heavy atom. The molecule has 0 fully saturated rings. The molecule has 0 unspecified atom stereocenters. The predicted molar refractivity (Wildman–Crippen MR) is 90.5 cm³/mol. The molecule has 1 aromatic carbocycles. The van der Waals surface area contributed by atoms with Crippen LogP contribution < -0.4 is 5.32 Å². The van der Waals surface area contributed by atoms with E-state index < -0.39 is 5.97 Å². The molecule has 0 aliphatic carbocycles. The molecule has 23 heavy (non-hydrogen) atoms. The third-order valence-electron chi connectivity index (χ3n) is 3.49. The lowest BCUT2D eigenvalue weighted by Gasteiger charge is -2.15. The molecule has 1 heterocycles. The fraction of sp³-hybridized carbons (Fsp3) is 0.294. The van der Waals surface area contributed by atoms with Crippen molar-refractivity contribution < 1.29 is 18.7 Å². The molecule has 2 rings (SSSR count). The number of amides is 1. The van der Waals surface area contributed by atoms with E-state index in [9.17, 15) is 9.59 Å². The van der Waals surface area contributed by atoms with Gasteiger partial charge in [0.15, 0.2) is 11.3 Å². The predicted octanol–water partition coefficient (Wildman–Crippen LogP) is 4.35. The number of rotatable bonds is 6. The van der Waals surface area contributed by atoms with Gasteiger partial charge in [-0.1, -0.05) is 32.0 Å². The summed E-state index contributed by atoms with van der Waals surface area (Å²) < 4.78 is 10.4. The zero-order chi connectivity index (χ0) is 16.8. The molecule has 1 aromatic heterocycles. The molecule has 122 valence electrons. The van der Waals surface area contributed by atoms with Gasteiger partial charge in [-0.3, -0.25) is 4.79 Å². The average molecular weight is 380 g/mol. The number of halogens is 1. The Bertz CT molecular complexity index is 695. The molecular weight excluding hydrogens is 362 g/mol. The third kappa shape index (κ3) is 4.69. The zero-order valence-electron chi connectivity index (χ0n) is 13.0. The second kappa shape index (κ2) is 7.97. The van der Waals surface area contributed by atoms with Crippen LogP contribution in [0.25, 0.3) is 0 Å². The quantitative estimate of drug-likeness (QED) is 0.757. The van der Waals surface area contributed by atoms with Crippen molar-refractivity contribution in [1.29, 1.82) is 0 Å². The Labute approximate surface area is 143 Å². The van der Waals surface area contributed by atoms with Crippen LogP contribution in [0.4, 0.5) is 5.69 Å². The number of ether oxygens (including phenoxy) is 1. The summed E-state index contributed by atoms with van der Waals surface area (Å²) in [4.78, 5) is 23.7. The van der Waals surface area contributed by atoms with Gasteiger partial charge >= 0.3 is 5.97 Å². The SMILES string of the molecule is CC[C@@H](C)c1ccccc1NC(=O)COC(=O)c1ccc(Br)o1. The van der Waals surface area contributed by atoms with E-state index in [0.717, 1.165) is 17.7 Å². The number of para-hydroxylation sites is 1. The van der Waals surface area contributed by atoms with Crippen LogP contribution in [0.3, 0.4) is 0 Å². The molecule has 0 aliphatic rings. The second-order valence-corrected chi connectivity index (χ2v) is 5.91. The Morgan fingerprint density at radius 1 is 1.26 bits per heavy atom. The number of nitrogens with one attached hydrogen (secondary N) is 1. The van der Waals surface area contributed by atoms with Crippen molar-refractivity contribution in [3.05, 3.63) is 52.4 Å². The van der Waals surface area contributed by atoms with Gasteiger partial charge in [-0.15, -0.1) is 0 Å².